The minimum Gasteiger partial charge on any atom is -0.492 e. The fourth-order valence-corrected chi connectivity index (χ4v) is 4.80. The zero-order valence-electron chi connectivity index (χ0n) is 19.8. The van der Waals surface area contributed by atoms with Gasteiger partial charge in [0.25, 0.3) is 0 Å². The first kappa shape index (κ1) is 22.6. The predicted octanol–water partition coefficient (Wildman–Crippen LogP) is 5.00. The second-order valence-electron chi connectivity index (χ2n) is 9.17. The van der Waals surface area contributed by atoms with Crippen LogP contribution in [0.15, 0.2) is 52.0 Å². The van der Waals surface area contributed by atoms with Crippen molar-refractivity contribution in [2.45, 2.75) is 45.4 Å². The van der Waals surface area contributed by atoms with Gasteiger partial charge in [-0.3, -0.25) is 9.69 Å². The smallest absolute Gasteiger partial charge is 0.240 e. The number of nitrogens with zero attached hydrogens (tertiary/aromatic N) is 3. The van der Waals surface area contributed by atoms with E-state index in [1.807, 2.05) is 42.5 Å². The Morgan fingerprint density at radius 3 is 2.76 bits per heavy atom. The fourth-order valence-electron chi connectivity index (χ4n) is 4.80. The molecular weight excluding hydrogens is 428 g/mol. The molecule has 0 saturated carbocycles. The van der Waals surface area contributed by atoms with Gasteiger partial charge in [-0.05, 0) is 62.7 Å². The lowest BCUT2D eigenvalue weighted by molar-refractivity contribution is -0.122. The third-order valence-electron chi connectivity index (χ3n) is 6.75. The quantitative estimate of drug-likeness (QED) is 0.537. The predicted molar refractivity (Wildman–Crippen MR) is 133 cm³/mol. The first-order valence-corrected chi connectivity index (χ1v) is 12.4. The molecule has 1 saturated heterocycles. The zero-order chi connectivity index (χ0) is 23.3. The summed E-state index contributed by atoms with van der Waals surface area (Å²) < 4.78 is 12.2. The van der Waals surface area contributed by atoms with Gasteiger partial charge in [0.15, 0.2) is 5.58 Å². The largest absolute Gasteiger partial charge is 0.492 e. The number of carbonyl (C=O) groups excluding carboxylic acids is 1. The van der Waals surface area contributed by atoms with E-state index in [1.54, 1.807) is 0 Å². The third kappa shape index (κ3) is 5.14. The number of carbonyl (C=O) groups is 1. The van der Waals surface area contributed by atoms with Crippen LogP contribution in [-0.4, -0.2) is 47.7 Å². The van der Waals surface area contributed by atoms with Crippen LogP contribution in [0.3, 0.4) is 0 Å². The Kier molecular flexibility index (Phi) is 6.90. The average Bonchev–Trinajstić information content (AvgIpc) is 3.12. The topological polar surface area (TPSA) is 80.0 Å². The number of rotatable bonds is 7. The summed E-state index contributed by atoms with van der Waals surface area (Å²) in [4.78, 5) is 18.9. The van der Waals surface area contributed by atoms with Crippen molar-refractivity contribution >= 4 is 22.7 Å². The molecule has 0 aliphatic carbocycles. The molecule has 3 aromatic rings. The van der Waals surface area contributed by atoms with E-state index in [2.05, 4.69) is 27.3 Å². The van der Waals surface area contributed by atoms with Gasteiger partial charge < -0.3 is 9.15 Å². The molecule has 1 amide bonds. The number of oxazole rings is 1. The molecule has 1 atom stereocenters. The highest BCUT2D eigenvalue weighted by Crippen LogP contribution is 2.29. The first-order valence-electron chi connectivity index (χ1n) is 12.4. The van der Waals surface area contributed by atoms with E-state index in [-0.39, 0.29) is 11.8 Å². The van der Waals surface area contributed by atoms with Gasteiger partial charge in [-0.2, -0.15) is 5.10 Å². The summed E-state index contributed by atoms with van der Waals surface area (Å²) >= 11 is 0. The number of hydrogen-bond donors (Lipinski definition) is 1. The number of fused-ring (bicyclic) bond motifs is 1. The number of nitrogens with one attached hydrogen (secondary N) is 1. The monoisotopic (exact) mass is 460 g/mol. The molecule has 1 N–H and O–H groups in total. The summed E-state index contributed by atoms with van der Waals surface area (Å²) in [7, 11) is 0. The van der Waals surface area contributed by atoms with E-state index in [9.17, 15) is 4.79 Å². The highest BCUT2D eigenvalue weighted by Gasteiger charge is 2.24. The average molecular weight is 461 g/mol. The van der Waals surface area contributed by atoms with Crippen LogP contribution < -0.4 is 10.2 Å². The Labute approximate surface area is 200 Å². The zero-order valence-corrected chi connectivity index (χ0v) is 19.8. The van der Waals surface area contributed by atoms with Gasteiger partial charge in [-0.15, -0.1) is 0 Å². The minimum absolute atomic E-state index is 0.0350. The number of ether oxygens (including phenoxy) is 1. The van der Waals surface area contributed by atoms with E-state index >= 15 is 0 Å². The van der Waals surface area contributed by atoms with Crippen LogP contribution in [0.2, 0.25) is 0 Å². The second-order valence-corrected chi connectivity index (χ2v) is 9.17. The summed E-state index contributed by atoms with van der Waals surface area (Å²) in [6, 6.07) is 13.8. The Bertz CT molecular complexity index is 1180. The van der Waals surface area contributed by atoms with Gasteiger partial charge in [0.05, 0.1) is 5.71 Å². The van der Waals surface area contributed by atoms with Gasteiger partial charge in [0, 0.05) is 30.0 Å². The summed E-state index contributed by atoms with van der Waals surface area (Å²) in [6.07, 6.45) is 6.58. The molecule has 2 aromatic carbocycles. The Hall–Kier alpha value is -3.19. The fraction of sp³-hybridized carbons (Fsp3) is 0.444. The van der Waals surface area contributed by atoms with Crippen molar-refractivity contribution < 1.29 is 13.9 Å². The number of benzene rings is 2. The standard InChI is InChI=1S/C27H32N4O3/c1-2-19-18-25(32)29-30-26(19)20-10-11-23-24(17-20)34-27(28-23)21-8-7-9-22(16-21)33-15-14-31-12-5-3-4-6-13-31/h7-11,16-17,19H,2-6,12-15,18H2,1H3,(H,29,32). The lowest BCUT2D eigenvalue weighted by Gasteiger charge is -2.21. The number of aromatic nitrogens is 1. The van der Waals surface area contributed by atoms with Crippen LogP contribution in [-0.2, 0) is 4.79 Å². The molecule has 1 fully saturated rings. The molecule has 2 aliphatic rings. The molecule has 7 heteroatoms. The van der Waals surface area contributed by atoms with Crippen LogP contribution >= 0.6 is 0 Å². The Morgan fingerprint density at radius 1 is 1.09 bits per heavy atom. The van der Waals surface area contributed by atoms with Crippen molar-refractivity contribution in [3.05, 3.63) is 48.0 Å². The number of hydrazone groups is 1. The first-order chi connectivity index (χ1) is 16.7. The van der Waals surface area contributed by atoms with Crippen molar-refractivity contribution in [2.24, 2.45) is 11.0 Å². The highest BCUT2D eigenvalue weighted by atomic mass is 16.5. The molecule has 0 radical (unpaired) electrons. The maximum atomic E-state index is 11.7. The molecule has 178 valence electrons. The van der Waals surface area contributed by atoms with Crippen LogP contribution in [0, 0.1) is 5.92 Å². The van der Waals surface area contributed by atoms with E-state index in [4.69, 9.17) is 9.15 Å². The number of amides is 1. The maximum Gasteiger partial charge on any atom is 0.240 e. The van der Waals surface area contributed by atoms with Crippen molar-refractivity contribution in [3.63, 3.8) is 0 Å². The molecule has 34 heavy (non-hydrogen) atoms. The van der Waals surface area contributed by atoms with Gasteiger partial charge in [0.2, 0.25) is 11.8 Å². The van der Waals surface area contributed by atoms with Gasteiger partial charge >= 0.3 is 0 Å². The van der Waals surface area contributed by atoms with Crippen molar-refractivity contribution in [3.8, 4) is 17.2 Å². The highest BCUT2D eigenvalue weighted by molar-refractivity contribution is 6.07. The van der Waals surface area contributed by atoms with Crippen LogP contribution in [0.25, 0.3) is 22.6 Å². The van der Waals surface area contributed by atoms with Crippen molar-refractivity contribution in [2.75, 3.05) is 26.2 Å². The lowest BCUT2D eigenvalue weighted by Crippen LogP contribution is -2.33. The summed E-state index contributed by atoms with van der Waals surface area (Å²) in [5, 5.41) is 4.32. The Balaban J connectivity index is 1.30. The summed E-state index contributed by atoms with van der Waals surface area (Å²) in [5.74, 6) is 1.47. The van der Waals surface area contributed by atoms with E-state index in [0.717, 1.165) is 41.1 Å². The third-order valence-corrected chi connectivity index (χ3v) is 6.75. The SMILES string of the molecule is CCC1CC(=O)NN=C1c1ccc2nc(-c3cccc(OCCN4CCCCCC4)c3)oc2c1. The number of hydrogen-bond acceptors (Lipinski definition) is 6. The molecule has 0 spiro atoms. The van der Waals surface area contributed by atoms with Crippen molar-refractivity contribution in [1.82, 2.24) is 15.3 Å². The van der Waals surface area contributed by atoms with Crippen LogP contribution in [0.4, 0.5) is 0 Å². The molecule has 2 aliphatic heterocycles. The number of likely N-dealkylation sites (tertiary alicyclic amines) is 1. The molecule has 3 heterocycles. The Morgan fingerprint density at radius 2 is 1.94 bits per heavy atom. The molecule has 7 nitrogen and oxygen atoms in total. The van der Waals surface area contributed by atoms with Gasteiger partial charge in [-0.25, -0.2) is 10.4 Å². The molecule has 1 aromatic heterocycles. The second kappa shape index (κ2) is 10.4. The van der Waals surface area contributed by atoms with Crippen molar-refractivity contribution in [1.29, 1.82) is 0 Å². The molecular formula is C27H32N4O3. The van der Waals surface area contributed by atoms with Gasteiger partial charge in [0.1, 0.15) is 17.9 Å². The summed E-state index contributed by atoms with van der Waals surface area (Å²) in [5.41, 5.74) is 6.83. The summed E-state index contributed by atoms with van der Waals surface area (Å²) in [6.45, 7) is 6.06. The van der Waals surface area contributed by atoms with E-state index in [1.165, 1.54) is 38.8 Å². The van der Waals surface area contributed by atoms with Crippen LogP contribution in [0.1, 0.15) is 51.0 Å². The molecule has 0 bridgehead atoms. The normalized spacial score (nSPS) is 19.5. The molecule has 1 unspecified atom stereocenters. The molecule has 5 rings (SSSR count). The van der Waals surface area contributed by atoms with Crippen LogP contribution in [0.5, 0.6) is 5.75 Å². The lowest BCUT2D eigenvalue weighted by atomic mass is 9.90. The van der Waals surface area contributed by atoms with Gasteiger partial charge in [-0.1, -0.05) is 31.9 Å². The van der Waals surface area contributed by atoms with E-state index in [0.29, 0.717) is 24.5 Å². The minimum atomic E-state index is -0.0350. The van der Waals surface area contributed by atoms with E-state index < -0.39 is 0 Å². The maximum absolute atomic E-state index is 11.7.